The number of anilines is 1. The van der Waals surface area contributed by atoms with Crippen LogP contribution >= 0.6 is 0 Å². The Balaban J connectivity index is 2.05. The normalized spacial score (nSPS) is 20.6. The third-order valence-corrected chi connectivity index (χ3v) is 3.70. The molecule has 0 spiro atoms. The smallest absolute Gasteiger partial charge is 0.240 e. The number of ether oxygens (including phenoxy) is 1. The fourth-order valence-electron chi connectivity index (χ4n) is 1.84. The number of rotatable bonds is 4. The third kappa shape index (κ3) is 3.42. The molecular weight excluding hydrogens is 254 g/mol. The van der Waals surface area contributed by atoms with Gasteiger partial charge in [0.2, 0.25) is 10.0 Å². The molecule has 1 heterocycles. The van der Waals surface area contributed by atoms with Crippen LogP contribution in [-0.2, 0) is 14.8 Å². The van der Waals surface area contributed by atoms with Gasteiger partial charge in [-0.05, 0) is 12.1 Å². The van der Waals surface area contributed by atoms with Crippen LogP contribution in [0.3, 0.4) is 0 Å². The van der Waals surface area contributed by atoms with Crippen LogP contribution < -0.4 is 15.8 Å². The Bertz CT molecular complexity index is 498. The van der Waals surface area contributed by atoms with Gasteiger partial charge in [-0.1, -0.05) is 12.1 Å². The van der Waals surface area contributed by atoms with E-state index in [0.29, 0.717) is 25.4 Å². The van der Waals surface area contributed by atoms with Gasteiger partial charge in [-0.25, -0.2) is 13.6 Å². The molecule has 0 aromatic heterocycles. The monoisotopic (exact) mass is 271 g/mol. The molecule has 0 amide bonds. The van der Waals surface area contributed by atoms with E-state index in [-0.39, 0.29) is 10.9 Å². The van der Waals surface area contributed by atoms with Gasteiger partial charge in [-0.15, -0.1) is 0 Å². The zero-order chi connectivity index (χ0) is 13.0. The summed E-state index contributed by atoms with van der Waals surface area (Å²) in [5, 5.41) is 11.5. The molecule has 1 aromatic rings. The molecule has 100 valence electrons. The van der Waals surface area contributed by atoms with Crippen LogP contribution in [0.2, 0.25) is 0 Å². The average Bonchev–Trinajstić information content (AvgIpc) is 2.37. The molecule has 0 radical (unpaired) electrons. The second-order valence-electron chi connectivity index (χ2n) is 4.15. The minimum Gasteiger partial charge on any atom is -0.382 e. The molecule has 7 heteroatoms. The van der Waals surface area contributed by atoms with Crippen LogP contribution in [-0.4, -0.2) is 40.8 Å². The Morgan fingerprint density at radius 2 is 2.22 bits per heavy atom. The Hall–Kier alpha value is -1.15. The third-order valence-electron chi connectivity index (χ3n) is 2.73. The van der Waals surface area contributed by atoms with Gasteiger partial charge in [0.15, 0.2) is 0 Å². The summed E-state index contributed by atoms with van der Waals surface area (Å²) in [6, 6.07) is 6.77. The van der Waals surface area contributed by atoms with E-state index in [1.165, 1.54) is 6.07 Å². The van der Waals surface area contributed by atoms with E-state index in [1.807, 2.05) is 0 Å². The number of morpholine rings is 1. The molecule has 0 aliphatic carbocycles. The van der Waals surface area contributed by atoms with Crippen molar-refractivity contribution >= 4 is 15.7 Å². The lowest BCUT2D eigenvalue weighted by Crippen LogP contribution is -2.45. The molecule has 0 saturated carbocycles. The molecule has 6 nitrogen and oxygen atoms in total. The van der Waals surface area contributed by atoms with Crippen molar-refractivity contribution in [2.24, 2.45) is 5.14 Å². The van der Waals surface area contributed by atoms with Crippen LogP contribution in [0, 0.1) is 0 Å². The molecule has 1 aliphatic rings. The zero-order valence-corrected chi connectivity index (χ0v) is 10.7. The van der Waals surface area contributed by atoms with E-state index in [0.717, 1.165) is 6.54 Å². The summed E-state index contributed by atoms with van der Waals surface area (Å²) in [7, 11) is -3.70. The summed E-state index contributed by atoms with van der Waals surface area (Å²) in [4.78, 5) is 0.113. The van der Waals surface area contributed by atoms with Gasteiger partial charge < -0.3 is 15.4 Å². The standard InChI is InChI=1S/C11H17N3O3S/c12-18(15,16)11-4-2-1-3-10(11)14-7-9-8-17-6-5-13-9/h1-4,9,13-14H,5-8H2,(H2,12,15,16). The van der Waals surface area contributed by atoms with Gasteiger partial charge >= 0.3 is 0 Å². The summed E-state index contributed by atoms with van der Waals surface area (Å²) in [5.41, 5.74) is 0.521. The quantitative estimate of drug-likeness (QED) is 0.701. The van der Waals surface area contributed by atoms with Crippen molar-refractivity contribution in [3.63, 3.8) is 0 Å². The largest absolute Gasteiger partial charge is 0.382 e. The van der Waals surface area contributed by atoms with Gasteiger partial charge in [-0.2, -0.15) is 0 Å². The lowest BCUT2D eigenvalue weighted by molar-refractivity contribution is 0.0806. The maximum absolute atomic E-state index is 11.4. The van der Waals surface area contributed by atoms with E-state index in [4.69, 9.17) is 9.88 Å². The highest BCUT2D eigenvalue weighted by atomic mass is 32.2. The van der Waals surface area contributed by atoms with Crippen LogP contribution in [0.4, 0.5) is 5.69 Å². The Kier molecular flexibility index (Phi) is 4.18. The molecule has 4 N–H and O–H groups in total. The van der Waals surface area contributed by atoms with Crippen LogP contribution in [0.15, 0.2) is 29.2 Å². The molecule has 1 unspecified atom stereocenters. The minimum atomic E-state index is -3.70. The summed E-state index contributed by atoms with van der Waals surface area (Å²) >= 11 is 0. The molecule has 1 atom stereocenters. The van der Waals surface area contributed by atoms with Gasteiger partial charge in [0.1, 0.15) is 4.90 Å². The van der Waals surface area contributed by atoms with E-state index < -0.39 is 10.0 Å². The Labute approximate surface area is 107 Å². The topological polar surface area (TPSA) is 93.5 Å². The van der Waals surface area contributed by atoms with E-state index in [2.05, 4.69) is 10.6 Å². The fourth-order valence-corrected chi connectivity index (χ4v) is 2.56. The predicted octanol–water partition coefficient (Wildman–Crippen LogP) is -0.266. The van der Waals surface area contributed by atoms with Crippen molar-refractivity contribution in [1.82, 2.24) is 5.32 Å². The minimum absolute atomic E-state index is 0.113. The Morgan fingerprint density at radius 1 is 1.44 bits per heavy atom. The first-order valence-corrected chi connectivity index (χ1v) is 7.29. The van der Waals surface area contributed by atoms with E-state index in [1.54, 1.807) is 18.2 Å². The van der Waals surface area contributed by atoms with E-state index in [9.17, 15) is 8.42 Å². The van der Waals surface area contributed by atoms with Gasteiger partial charge in [0.05, 0.1) is 18.9 Å². The number of nitrogens with two attached hydrogens (primary N) is 1. The highest BCUT2D eigenvalue weighted by Crippen LogP contribution is 2.19. The van der Waals surface area contributed by atoms with Crippen LogP contribution in [0.5, 0.6) is 0 Å². The van der Waals surface area contributed by atoms with Gasteiger partial charge in [0.25, 0.3) is 0 Å². The second-order valence-corrected chi connectivity index (χ2v) is 5.68. The summed E-state index contributed by atoms with van der Waals surface area (Å²) in [5.74, 6) is 0. The lowest BCUT2D eigenvalue weighted by Gasteiger charge is -2.24. The first kappa shape index (κ1) is 13.3. The van der Waals surface area contributed by atoms with Gasteiger partial charge in [-0.3, -0.25) is 0 Å². The summed E-state index contributed by atoms with van der Waals surface area (Å²) in [6.07, 6.45) is 0. The lowest BCUT2D eigenvalue weighted by atomic mass is 10.2. The fraction of sp³-hybridized carbons (Fsp3) is 0.455. The molecule has 1 fully saturated rings. The number of benzene rings is 1. The van der Waals surface area contributed by atoms with Crippen molar-refractivity contribution in [1.29, 1.82) is 0 Å². The average molecular weight is 271 g/mol. The van der Waals surface area contributed by atoms with Crippen molar-refractivity contribution in [3.8, 4) is 0 Å². The first-order chi connectivity index (χ1) is 8.57. The zero-order valence-electron chi connectivity index (χ0n) is 9.93. The number of sulfonamides is 1. The summed E-state index contributed by atoms with van der Waals surface area (Å²) in [6.45, 7) is 2.73. The molecular formula is C11H17N3O3S. The molecule has 1 saturated heterocycles. The number of para-hydroxylation sites is 1. The molecule has 1 aliphatic heterocycles. The van der Waals surface area contributed by atoms with Crippen molar-refractivity contribution in [2.75, 3.05) is 31.6 Å². The van der Waals surface area contributed by atoms with Crippen LogP contribution in [0.25, 0.3) is 0 Å². The maximum Gasteiger partial charge on any atom is 0.240 e. The highest BCUT2D eigenvalue weighted by molar-refractivity contribution is 7.89. The number of nitrogens with one attached hydrogen (secondary N) is 2. The van der Waals surface area contributed by atoms with Crippen LogP contribution in [0.1, 0.15) is 0 Å². The van der Waals surface area contributed by atoms with Crippen molar-refractivity contribution in [2.45, 2.75) is 10.9 Å². The van der Waals surface area contributed by atoms with Crippen molar-refractivity contribution in [3.05, 3.63) is 24.3 Å². The maximum atomic E-state index is 11.4. The SMILES string of the molecule is NS(=O)(=O)c1ccccc1NCC1COCCN1. The summed E-state index contributed by atoms with van der Waals surface area (Å²) < 4.78 is 28.1. The Morgan fingerprint density at radius 3 is 2.89 bits per heavy atom. The van der Waals surface area contributed by atoms with Gasteiger partial charge in [0, 0.05) is 19.1 Å². The molecule has 2 rings (SSSR count). The molecule has 0 bridgehead atoms. The number of hydrogen-bond acceptors (Lipinski definition) is 5. The number of primary sulfonamides is 1. The van der Waals surface area contributed by atoms with Crippen molar-refractivity contribution < 1.29 is 13.2 Å². The van der Waals surface area contributed by atoms with E-state index >= 15 is 0 Å². The predicted molar refractivity (Wildman–Crippen MR) is 68.9 cm³/mol. The molecule has 18 heavy (non-hydrogen) atoms. The highest BCUT2D eigenvalue weighted by Gasteiger charge is 2.16. The first-order valence-electron chi connectivity index (χ1n) is 5.74. The molecule has 1 aromatic carbocycles. The number of hydrogen-bond donors (Lipinski definition) is 3. The second kappa shape index (κ2) is 5.66.